The Hall–Kier alpha value is -2.74. The molecule has 1 N–H and O–H groups in total. The number of benzene rings is 2. The van der Waals surface area contributed by atoms with Crippen molar-refractivity contribution < 1.29 is 22.7 Å². The number of fused-ring (bicyclic) bond motifs is 1. The highest BCUT2D eigenvalue weighted by Crippen LogP contribution is 2.36. The molecule has 1 amide bonds. The molecule has 7 nitrogen and oxygen atoms in total. The Balaban J connectivity index is 1.70. The fraction of sp³-hybridized carbons (Fsp3) is 0.350. The topological polar surface area (TPSA) is 84.9 Å². The second kappa shape index (κ2) is 8.52. The van der Waals surface area contributed by atoms with Gasteiger partial charge in [-0.1, -0.05) is 37.3 Å². The summed E-state index contributed by atoms with van der Waals surface area (Å²) in [5.41, 5.74) is 1.48. The van der Waals surface area contributed by atoms with E-state index in [0.29, 0.717) is 23.7 Å². The summed E-state index contributed by atoms with van der Waals surface area (Å²) < 4.78 is 36.8. The van der Waals surface area contributed by atoms with Crippen LogP contribution in [0.1, 0.15) is 25.3 Å². The average Bonchev–Trinajstić information content (AvgIpc) is 3.18. The summed E-state index contributed by atoms with van der Waals surface area (Å²) in [5, 5.41) is 2.83. The first-order valence-corrected chi connectivity index (χ1v) is 10.7. The van der Waals surface area contributed by atoms with E-state index < -0.39 is 10.0 Å². The van der Waals surface area contributed by atoms with E-state index in [2.05, 4.69) is 5.32 Å². The molecule has 8 heteroatoms. The zero-order valence-electron chi connectivity index (χ0n) is 15.9. The Kier molecular flexibility index (Phi) is 6.08. The van der Waals surface area contributed by atoms with Gasteiger partial charge in [-0.25, -0.2) is 8.42 Å². The maximum Gasteiger partial charge on any atom is 0.240 e. The lowest BCUT2D eigenvalue weighted by atomic mass is 10.0. The van der Waals surface area contributed by atoms with Crippen LogP contribution in [0.4, 0.5) is 5.69 Å². The van der Waals surface area contributed by atoms with Crippen molar-refractivity contribution in [1.82, 2.24) is 5.32 Å². The molecule has 0 saturated carbocycles. The molecule has 1 aliphatic heterocycles. The number of nitrogens with zero attached hydrogens (tertiary/aromatic N) is 1. The lowest BCUT2D eigenvalue weighted by molar-refractivity contribution is -0.119. The van der Waals surface area contributed by atoms with Gasteiger partial charge in [0, 0.05) is 12.6 Å². The SMILES string of the molecule is CCS(=O)(=O)N(CC(=O)NCC(C)c1ccccc1)c1ccc2c(c1)OCO2. The minimum Gasteiger partial charge on any atom is -0.454 e. The number of amides is 1. The Morgan fingerprint density at radius 1 is 1.14 bits per heavy atom. The summed E-state index contributed by atoms with van der Waals surface area (Å²) in [6.07, 6.45) is 0. The van der Waals surface area contributed by atoms with E-state index in [4.69, 9.17) is 9.47 Å². The van der Waals surface area contributed by atoms with Crippen molar-refractivity contribution in [3.05, 3.63) is 54.1 Å². The van der Waals surface area contributed by atoms with E-state index in [1.165, 1.54) is 0 Å². The van der Waals surface area contributed by atoms with Crippen molar-refractivity contribution in [3.63, 3.8) is 0 Å². The zero-order valence-corrected chi connectivity index (χ0v) is 16.7. The second-order valence-electron chi connectivity index (χ2n) is 6.56. The van der Waals surface area contributed by atoms with Crippen LogP contribution < -0.4 is 19.1 Å². The van der Waals surface area contributed by atoms with Crippen LogP contribution in [0.2, 0.25) is 0 Å². The summed E-state index contributed by atoms with van der Waals surface area (Å²) >= 11 is 0. The lowest BCUT2D eigenvalue weighted by Gasteiger charge is -2.24. The number of hydrogen-bond donors (Lipinski definition) is 1. The van der Waals surface area contributed by atoms with Gasteiger partial charge in [0.2, 0.25) is 22.7 Å². The highest BCUT2D eigenvalue weighted by molar-refractivity contribution is 7.92. The van der Waals surface area contributed by atoms with Crippen molar-refractivity contribution in [3.8, 4) is 11.5 Å². The zero-order chi connectivity index (χ0) is 20.1. The first-order chi connectivity index (χ1) is 13.4. The van der Waals surface area contributed by atoms with E-state index in [1.54, 1.807) is 25.1 Å². The van der Waals surface area contributed by atoms with Gasteiger partial charge < -0.3 is 14.8 Å². The monoisotopic (exact) mass is 404 g/mol. The van der Waals surface area contributed by atoms with Crippen LogP contribution >= 0.6 is 0 Å². The molecule has 1 atom stereocenters. The normalized spacial score (nSPS) is 13.8. The Morgan fingerprint density at radius 3 is 2.57 bits per heavy atom. The summed E-state index contributed by atoms with van der Waals surface area (Å²) in [5.74, 6) is 0.657. The molecule has 1 aliphatic rings. The van der Waals surface area contributed by atoms with Gasteiger partial charge in [0.25, 0.3) is 0 Å². The van der Waals surface area contributed by atoms with Crippen LogP contribution in [0.25, 0.3) is 0 Å². The molecular weight excluding hydrogens is 380 g/mol. The minimum absolute atomic E-state index is 0.0944. The molecule has 1 heterocycles. The number of anilines is 1. The fourth-order valence-corrected chi connectivity index (χ4v) is 3.96. The van der Waals surface area contributed by atoms with Crippen molar-refractivity contribution in [2.24, 2.45) is 0 Å². The molecule has 3 rings (SSSR count). The highest BCUT2D eigenvalue weighted by atomic mass is 32.2. The lowest BCUT2D eigenvalue weighted by Crippen LogP contribution is -2.42. The summed E-state index contributed by atoms with van der Waals surface area (Å²) in [6.45, 7) is 3.77. The number of hydrogen-bond acceptors (Lipinski definition) is 5. The number of nitrogens with one attached hydrogen (secondary N) is 1. The van der Waals surface area contributed by atoms with Gasteiger partial charge in [-0.05, 0) is 30.5 Å². The van der Waals surface area contributed by atoms with Crippen molar-refractivity contribution >= 4 is 21.6 Å². The number of ether oxygens (including phenoxy) is 2. The second-order valence-corrected chi connectivity index (χ2v) is 8.74. The molecule has 2 aromatic carbocycles. The van der Waals surface area contributed by atoms with Crippen molar-refractivity contribution in [2.75, 3.05) is 29.9 Å². The molecule has 150 valence electrons. The molecule has 0 saturated heterocycles. The van der Waals surface area contributed by atoms with E-state index in [9.17, 15) is 13.2 Å². The average molecular weight is 404 g/mol. The number of carbonyl (C=O) groups is 1. The van der Waals surface area contributed by atoms with Crippen LogP contribution in [0, 0.1) is 0 Å². The summed E-state index contributed by atoms with van der Waals surface area (Å²) in [4.78, 5) is 12.5. The highest BCUT2D eigenvalue weighted by Gasteiger charge is 2.26. The molecule has 0 aliphatic carbocycles. The smallest absolute Gasteiger partial charge is 0.240 e. The van der Waals surface area contributed by atoms with Crippen LogP contribution in [-0.2, 0) is 14.8 Å². The Labute approximate surface area is 165 Å². The number of rotatable bonds is 8. The van der Waals surface area contributed by atoms with Crippen molar-refractivity contribution in [1.29, 1.82) is 0 Å². The first-order valence-electron chi connectivity index (χ1n) is 9.12. The summed E-state index contributed by atoms with van der Waals surface area (Å²) in [6, 6.07) is 14.7. The van der Waals surface area contributed by atoms with Crippen LogP contribution in [-0.4, -0.2) is 40.0 Å². The number of sulfonamides is 1. The van der Waals surface area contributed by atoms with Crippen LogP contribution in [0.15, 0.2) is 48.5 Å². The molecule has 28 heavy (non-hydrogen) atoms. The standard InChI is InChI=1S/C20H24N2O5S/c1-3-28(24,25)22(17-9-10-18-19(11-17)27-14-26-18)13-20(23)21-12-15(2)16-7-5-4-6-8-16/h4-11,15H,3,12-14H2,1-2H3,(H,21,23). The third-order valence-corrected chi connectivity index (χ3v) is 6.35. The summed E-state index contributed by atoms with van der Waals surface area (Å²) in [7, 11) is -3.64. The third kappa shape index (κ3) is 4.56. The predicted octanol–water partition coefficient (Wildman–Crippen LogP) is 2.49. The van der Waals surface area contributed by atoms with Crippen molar-refractivity contribution in [2.45, 2.75) is 19.8 Å². The Bertz CT molecular complexity index is 931. The number of carbonyl (C=O) groups excluding carboxylic acids is 1. The molecule has 1 unspecified atom stereocenters. The molecular formula is C20H24N2O5S. The van der Waals surface area contributed by atoms with E-state index in [0.717, 1.165) is 9.87 Å². The molecule has 0 radical (unpaired) electrons. The fourth-order valence-electron chi connectivity index (χ4n) is 2.90. The van der Waals surface area contributed by atoms with E-state index in [1.807, 2.05) is 37.3 Å². The quantitative estimate of drug-likeness (QED) is 0.731. The third-order valence-electron chi connectivity index (χ3n) is 4.61. The molecule has 2 aromatic rings. The van der Waals surface area contributed by atoms with Gasteiger partial charge in [0.15, 0.2) is 11.5 Å². The predicted molar refractivity (Wildman–Crippen MR) is 107 cm³/mol. The first kappa shape index (κ1) is 20.0. The van der Waals surface area contributed by atoms with Gasteiger partial charge in [-0.15, -0.1) is 0 Å². The van der Waals surface area contributed by atoms with Crippen LogP contribution in [0.3, 0.4) is 0 Å². The van der Waals surface area contributed by atoms with Gasteiger partial charge in [-0.3, -0.25) is 9.10 Å². The Morgan fingerprint density at radius 2 is 1.86 bits per heavy atom. The minimum atomic E-state index is -3.64. The maximum absolute atomic E-state index is 12.6. The van der Waals surface area contributed by atoms with Gasteiger partial charge in [-0.2, -0.15) is 0 Å². The molecule has 0 fully saturated rings. The van der Waals surface area contributed by atoms with Crippen LogP contribution in [0.5, 0.6) is 11.5 Å². The van der Waals surface area contributed by atoms with Gasteiger partial charge >= 0.3 is 0 Å². The molecule has 0 spiro atoms. The van der Waals surface area contributed by atoms with Gasteiger partial charge in [0.1, 0.15) is 6.54 Å². The maximum atomic E-state index is 12.6. The van der Waals surface area contributed by atoms with E-state index >= 15 is 0 Å². The van der Waals surface area contributed by atoms with E-state index in [-0.39, 0.29) is 30.9 Å². The van der Waals surface area contributed by atoms with Gasteiger partial charge in [0.05, 0.1) is 11.4 Å². The molecule has 0 aromatic heterocycles. The molecule has 0 bridgehead atoms. The largest absolute Gasteiger partial charge is 0.454 e.